The van der Waals surface area contributed by atoms with Crippen molar-refractivity contribution in [1.82, 2.24) is 0 Å². The molecule has 0 amide bonds. The summed E-state index contributed by atoms with van der Waals surface area (Å²) in [6.07, 6.45) is 1.22. The Bertz CT molecular complexity index is 510. The average Bonchev–Trinajstić information content (AvgIpc) is 2.22. The quantitative estimate of drug-likeness (QED) is 0.326. The van der Waals surface area contributed by atoms with Crippen LogP contribution in [0.2, 0.25) is 0 Å². The molecule has 17 heavy (non-hydrogen) atoms. The summed E-state index contributed by atoms with van der Waals surface area (Å²) < 4.78 is 0.179. The van der Waals surface area contributed by atoms with Crippen molar-refractivity contribution in [1.29, 1.82) is 0 Å². The predicted molar refractivity (Wildman–Crippen MR) is 65.9 cm³/mol. The highest BCUT2D eigenvalue weighted by molar-refractivity contribution is 9.10. The molecule has 8 nitrogen and oxygen atoms in total. The van der Waals surface area contributed by atoms with Crippen molar-refractivity contribution in [2.24, 2.45) is 21.7 Å². The van der Waals surface area contributed by atoms with Crippen LogP contribution in [0.3, 0.4) is 0 Å². The van der Waals surface area contributed by atoms with Gasteiger partial charge in [0.2, 0.25) is 11.7 Å². The van der Waals surface area contributed by atoms with Gasteiger partial charge in [-0.15, -0.1) is 5.10 Å². The summed E-state index contributed by atoms with van der Waals surface area (Å²) in [5.41, 5.74) is 10.0. The zero-order valence-corrected chi connectivity index (χ0v) is 9.96. The molecule has 0 aliphatic carbocycles. The van der Waals surface area contributed by atoms with Crippen LogP contribution < -0.4 is 11.5 Å². The maximum Gasteiger partial charge on any atom is 0.312 e. The minimum atomic E-state index is -0.710. The van der Waals surface area contributed by atoms with Gasteiger partial charge in [0, 0.05) is 11.6 Å². The summed E-state index contributed by atoms with van der Waals surface area (Å²) in [4.78, 5) is 9.91. The molecule has 0 radical (unpaired) electrons. The van der Waals surface area contributed by atoms with E-state index in [0.717, 1.165) is 6.07 Å². The lowest BCUT2D eigenvalue weighted by Crippen LogP contribution is -2.21. The first-order chi connectivity index (χ1) is 7.91. The maximum atomic E-state index is 10.6. The van der Waals surface area contributed by atoms with Crippen LogP contribution in [0.5, 0.6) is 5.75 Å². The normalized spacial score (nSPS) is 10.4. The van der Waals surface area contributed by atoms with Crippen LogP contribution in [0.4, 0.5) is 5.69 Å². The lowest BCUT2D eigenvalue weighted by Gasteiger charge is -2.00. The van der Waals surface area contributed by atoms with Crippen molar-refractivity contribution in [3.63, 3.8) is 0 Å². The van der Waals surface area contributed by atoms with Crippen molar-refractivity contribution in [3.05, 3.63) is 32.3 Å². The molecule has 0 bridgehead atoms. The molecule has 0 aromatic heterocycles. The number of aromatic hydroxyl groups is 1. The van der Waals surface area contributed by atoms with Gasteiger partial charge in [-0.3, -0.25) is 10.1 Å². The van der Waals surface area contributed by atoms with Gasteiger partial charge in [0.15, 0.2) is 0 Å². The number of phenols is 1. The Morgan fingerprint density at radius 1 is 1.53 bits per heavy atom. The number of nitro benzene ring substituents is 1. The highest BCUT2D eigenvalue weighted by Gasteiger charge is 2.17. The Labute approximate surface area is 104 Å². The van der Waals surface area contributed by atoms with Crippen LogP contribution in [-0.2, 0) is 0 Å². The molecule has 1 aromatic rings. The van der Waals surface area contributed by atoms with Gasteiger partial charge >= 0.3 is 5.69 Å². The molecule has 1 aromatic carbocycles. The van der Waals surface area contributed by atoms with E-state index >= 15 is 0 Å². The van der Waals surface area contributed by atoms with Crippen molar-refractivity contribution in [2.45, 2.75) is 0 Å². The molecule has 0 aliphatic heterocycles. The third kappa shape index (κ3) is 3.41. The van der Waals surface area contributed by atoms with Crippen LogP contribution in [0, 0.1) is 10.1 Å². The van der Waals surface area contributed by atoms with E-state index in [-0.39, 0.29) is 10.4 Å². The standard InChI is InChI=1S/C8H8BrN5O3/c9-5-1-4(3-12-13-8(10)11)2-6(7(5)15)14(16)17/h1-3,15H,(H4,10,11,13). The van der Waals surface area contributed by atoms with E-state index in [4.69, 9.17) is 11.5 Å². The van der Waals surface area contributed by atoms with Crippen molar-refractivity contribution >= 4 is 33.8 Å². The molecule has 0 fully saturated rings. The molecule has 0 heterocycles. The van der Waals surface area contributed by atoms with Crippen LogP contribution in [0.25, 0.3) is 0 Å². The van der Waals surface area contributed by atoms with Crippen LogP contribution in [0.1, 0.15) is 5.56 Å². The summed E-state index contributed by atoms with van der Waals surface area (Å²) in [5.74, 6) is -0.678. The molecule has 0 saturated heterocycles. The molecule has 1 rings (SSSR count). The molecule has 0 aliphatic rings. The lowest BCUT2D eigenvalue weighted by molar-refractivity contribution is -0.386. The van der Waals surface area contributed by atoms with E-state index in [9.17, 15) is 15.2 Å². The van der Waals surface area contributed by atoms with Gasteiger partial charge in [-0.2, -0.15) is 5.10 Å². The predicted octanol–water partition coefficient (Wildman–Crippen LogP) is 0.670. The minimum absolute atomic E-state index is 0.179. The van der Waals surface area contributed by atoms with Crippen LogP contribution in [0.15, 0.2) is 26.8 Å². The number of nitrogens with two attached hydrogens (primary N) is 2. The molecular formula is C8H8BrN5O3. The molecule has 0 unspecified atom stereocenters. The molecule has 0 atom stereocenters. The number of halogens is 1. The number of phenolic OH excluding ortho intramolecular Hbond substituents is 1. The topological polar surface area (TPSA) is 140 Å². The number of benzene rings is 1. The summed E-state index contributed by atoms with van der Waals surface area (Å²) in [6.45, 7) is 0. The monoisotopic (exact) mass is 301 g/mol. The second-order valence-corrected chi connectivity index (χ2v) is 3.75. The Balaban J connectivity index is 3.15. The minimum Gasteiger partial charge on any atom is -0.501 e. The Kier molecular flexibility index (Phi) is 3.99. The number of nitro groups is 1. The van der Waals surface area contributed by atoms with E-state index in [0.29, 0.717) is 5.56 Å². The molecule has 0 saturated carbocycles. The Hall–Kier alpha value is -2.16. The second-order valence-electron chi connectivity index (χ2n) is 2.90. The first-order valence-corrected chi connectivity index (χ1v) is 5.00. The summed E-state index contributed by atoms with van der Waals surface area (Å²) in [7, 11) is 0. The second kappa shape index (κ2) is 5.25. The maximum absolute atomic E-state index is 10.6. The number of hydrogen-bond donors (Lipinski definition) is 3. The Morgan fingerprint density at radius 2 is 2.18 bits per heavy atom. The highest BCUT2D eigenvalue weighted by atomic mass is 79.9. The smallest absolute Gasteiger partial charge is 0.312 e. The van der Waals surface area contributed by atoms with Crippen LogP contribution >= 0.6 is 15.9 Å². The number of guanidine groups is 1. The first-order valence-electron chi connectivity index (χ1n) is 4.20. The number of hydrogen-bond acceptors (Lipinski definition) is 5. The first kappa shape index (κ1) is 12.9. The third-order valence-corrected chi connectivity index (χ3v) is 2.25. The van der Waals surface area contributed by atoms with Gasteiger partial charge in [0.1, 0.15) is 0 Å². The molecule has 9 heteroatoms. The van der Waals surface area contributed by atoms with E-state index < -0.39 is 16.4 Å². The van der Waals surface area contributed by atoms with Gasteiger partial charge in [-0.05, 0) is 22.0 Å². The number of nitrogens with zero attached hydrogens (tertiary/aromatic N) is 3. The lowest BCUT2D eigenvalue weighted by atomic mass is 10.2. The zero-order valence-electron chi connectivity index (χ0n) is 8.37. The van der Waals surface area contributed by atoms with Gasteiger partial charge in [-0.1, -0.05) is 0 Å². The fourth-order valence-electron chi connectivity index (χ4n) is 0.981. The van der Waals surface area contributed by atoms with Gasteiger partial charge in [-0.25, -0.2) is 0 Å². The van der Waals surface area contributed by atoms with Gasteiger partial charge in [0.05, 0.1) is 15.6 Å². The van der Waals surface area contributed by atoms with Crippen molar-refractivity contribution in [3.8, 4) is 5.75 Å². The fraction of sp³-hybridized carbons (Fsp3) is 0. The fourth-order valence-corrected chi connectivity index (χ4v) is 1.45. The van der Waals surface area contributed by atoms with E-state index in [1.165, 1.54) is 12.3 Å². The Morgan fingerprint density at radius 3 is 2.71 bits per heavy atom. The number of rotatable bonds is 3. The SMILES string of the molecule is NC(N)=NN=Cc1cc(Br)c(O)c([N+](=O)[O-])c1. The van der Waals surface area contributed by atoms with E-state index in [2.05, 4.69) is 26.1 Å². The molecule has 0 spiro atoms. The van der Waals surface area contributed by atoms with E-state index in [1.807, 2.05) is 0 Å². The third-order valence-electron chi connectivity index (χ3n) is 1.64. The van der Waals surface area contributed by atoms with Gasteiger partial charge < -0.3 is 16.6 Å². The summed E-state index contributed by atoms with van der Waals surface area (Å²) >= 11 is 2.98. The van der Waals surface area contributed by atoms with Crippen molar-refractivity contribution < 1.29 is 10.0 Å². The highest BCUT2D eigenvalue weighted by Crippen LogP contribution is 2.34. The zero-order chi connectivity index (χ0) is 13.0. The summed E-state index contributed by atoms with van der Waals surface area (Å²) in [5, 5.41) is 26.9. The largest absolute Gasteiger partial charge is 0.501 e. The van der Waals surface area contributed by atoms with Crippen LogP contribution in [-0.4, -0.2) is 22.2 Å². The van der Waals surface area contributed by atoms with Gasteiger partial charge in [0.25, 0.3) is 0 Å². The van der Waals surface area contributed by atoms with E-state index in [1.54, 1.807) is 0 Å². The molecular weight excluding hydrogens is 294 g/mol. The molecule has 5 N–H and O–H groups in total. The summed E-state index contributed by atoms with van der Waals surface area (Å²) in [6, 6.07) is 2.58. The average molecular weight is 302 g/mol. The van der Waals surface area contributed by atoms with Crippen molar-refractivity contribution in [2.75, 3.05) is 0 Å². The molecule has 90 valence electrons.